The van der Waals surface area contributed by atoms with Crippen molar-refractivity contribution >= 4 is 50.7 Å². The Labute approximate surface area is 250 Å². The highest BCUT2D eigenvalue weighted by molar-refractivity contribution is 7.92. The number of nitrogens with one attached hydrogen (secondary N) is 1. The lowest BCUT2D eigenvalue weighted by molar-refractivity contribution is -0.139. The molecule has 1 atom stereocenters. The van der Waals surface area contributed by atoms with E-state index in [1.165, 1.54) is 53.4 Å². The third-order valence-electron chi connectivity index (χ3n) is 7.26. The lowest BCUT2D eigenvalue weighted by Gasteiger charge is -2.32. The van der Waals surface area contributed by atoms with Gasteiger partial charge in [0, 0.05) is 18.2 Å². The van der Waals surface area contributed by atoms with E-state index in [0.29, 0.717) is 0 Å². The number of nitrogens with zero attached hydrogens (tertiary/aromatic N) is 2. The van der Waals surface area contributed by atoms with Crippen molar-refractivity contribution in [2.24, 2.45) is 0 Å². The zero-order chi connectivity index (χ0) is 29.7. The number of amides is 2. The van der Waals surface area contributed by atoms with Crippen LogP contribution < -0.4 is 9.62 Å². The average molecular weight is 621 g/mol. The van der Waals surface area contributed by atoms with Gasteiger partial charge < -0.3 is 10.2 Å². The van der Waals surface area contributed by atoms with Gasteiger partial charge in [-0.25, -0.2) is 12.8 Å². The van der Waals surface area contributed by atoms with Gasteiger partial charge in [-0.15, -0.1) is 0 Å². The van der Waals surface area contributed by atoms with Crippen molar-refractivity contribution in [3.8, 4) is 0 Å². The summed E-state index contributed by atoms with van der Waals surface area (Å²) in [5.41, 5.74) is 1.04. The highest BCUT2D eigenvalue weighted by atomic mass is 35.5. The maximum absolute atomic E-state index is 14.7. The molecule has 1 aliphatic carbocycles. The maximum atomic E-state index is 14.7. The summed E-state index contributed by atoms with van der Waals surface area (Å²) in [7, 11) is -4.32. The first kappa shape index (κ1) is 30.8. The van der Waals surface area contributed by atoms with Gasteiger partial charge >= 0.3 is 0 Å². The van der Waals surface area contributed by atoms with Gasteiger partial charge in [0.05, 0.1) is 20.6 Å². The number of benzene rings is 3. The molecule has 7 nitrogen and oxygen atoms in total. The number of carbonyl (C=O) groups excluding carboxylic acids is 2. The van der Waals surface area contributed by atoms with E-state index < -0.39 is 40.2 Å². The first-order valence-corrected chi connectivity index (χ1v) is 15.6. The summed E-state index contributed by atoms with van der Waals surface area (Å²) in [5.74, 6) is -1.65. The number of hydrogen-bond donors (Lipinski definition) is 1. The van der Waals surface area contributed by atoms with Crippen LogP contribution in [0.4, 0.5) is 10.1 Å². The van der Waals surface area contributed by atoms with Crippen LogP contribution in [0.1, 0.15) is 43.7 Å². The van der Waals surface area contributed by atoms with E-state index in [9.17, 15) is 22.4 Å². The minimum Gasteiger partial charge on any atom is -0.352 e. The van der Waals surface area contributed by atoms with Crippen molar-refractivity contribution in [3.05, 3.63) is 93.7 Å². The molecule has 0 bridgehead atoms. The third kappa shape index (κ3) is 7.20. The SMILES string of the molecule is Cc1ccc(S(=O)(=O)N(CC(=O)N(Cc2ccccc2F)[C@H](C)C(=O)NC2CCCC2)c2cccc(Cl)c2Cl)cc1. The molecule has 1 saturated carbocycles. The van der Waals surface area contributed by atoms with Crippen LogP contribution in [0.2, 0.25) is 10.0 Å². The summed E-state index contributed by atoms with van der Waals surface area (Å²) in [6, 6.07) is 15.6. The maximum Gasteiger partial charge on any atom is 0.264 e. The fourth-order valence-corrected chi connectivity index (χ4v) is 6.69. The van der Waals surface area contributed by atoms with Gasteiger partial charge in [-0.05, 0) is 57.0 Å². The van der Waals surface area contributed by atoms with Gasteiger partial charge in [0.2, 0.25) is 11.8 Å². The van der Waals surface area contributed by atoms with E-state index in [1.807, 2.05) is 6.92 Å². The van der Waals surface area contributed by atoms with Crippen molar-refractivity contribution in [2.75, 3.05) is 10.8 Å². The molecule has 0 spiro atoms. The topological polar surface area (TPSA) is 86.8 Å². The Balaban J connectivity index is 1.73. The van der Waals surface area contributed by atoms with Crippen LogP contribution in [0.25, 0.3) is 0 Å². The molecular formula is C30H32Cl2FN3O4S. The Morgan fingerprint density at radius 2 is 1.66 bits per heavy atom. The number of aryl methyl sites for hydroxylation is 1. The zero-order valence-corrected chi connectivity index (χ0v) is 25.1. The van der Waals surface area contributed by atoms with Crippen LogP contribution in [-0.2, 0) is 26.2 Å². The molecule has 41 heavy (non-hydrogen) atoms. The Bertz CT molecular complexity index is 1510. The van der Waals surface area contributed by atoms with Gasteiger partial charge in [0.15, 0.2) is 0 Å². The van der Waals surface area contributed by atoms with Crippen molar-refractivity contribution in [3.63, 3.8) is 0 Å². The van der Waals surface area contributed by atoms with E-state index in [4.69, 9.17) is 23.2 Å². The van der Waals surface area contributed by atoms with E-state index in [0.717, 1.165) is 35.6 Å². The van der Waals surface area contributed by atoms with E-state index in [2.05, 4.69) is 5.32 Å². The molecule has 0 aliphatic heterocycles. The van der Waals surface area contributed by atoms with Crippen LogP contribution in [0, 0.1) is 12.7 Å². The highest BCUT2D eigenvalue weighted by Crippen LogP contribution is 2.35. The first-order valence-electron chi connectivity index (χ1n) is 13.4. The first-order chi connectivity index (χ1) is 19.5. The van der Waals surface area contributed by atoms with Gasteiger partial charge in [-0.3, -0.25) is 13.9 Å². The van der Waals surface area contributed by atoms with Crippen molar-refractivity contribution in [2.45, 2.75) is 63.1 Å². The molecule has 1 fully saturated rings. The number of halogens is 3. The monoisotopic (exact) mass is 619 g/mol. The molecule has 3 aromatic rings. The molecule has 0 radical (unpaired) electrons. The lowest BCUT2D eigenvalue weighted by Crippen LogP contribution is -2.52. The molecule has 2 amide bonds. The number of sulfonamides is 1. The zero-order valence-electron chi connectivity index (χ0n) is 22.8. The van der Waals surface area contributed by atoms with Gasteiger partial charge in [-0.2, -0.15) is 0 Å². The average Bonchev–Trinajstić information content (AvgIpc) is 3.45. The minimum atomic E-state index is -4.32. The van der Waals surface area contributed by atoms with E-state index >= 15 is 0 Å². The number of rotatable bonds is 10. The summed E-state index contributed by atoms with van der Waals surface area (Å²) >= 11 is 12.7. The lowest BCUT2D eigenvalue weighted by atomic mass is 10.1. The Morgan fingerprint density at radius 3 is 2.32 bits per heavy atom. The second-order valence-corrected chi connectivity index (χ2v) is 12.8. The third-order valence-corrected chi connectivity index (χ3v) is 9.84. The van der Waals surface area contributed by atoms with Crippen molar-refractivity contribution < 1.29 is 22.4 Å². The molecule has 1 aliphatic rings. The second-order valence-electron chi connectivity index (χ2n) is 10.2. The molecule has 0 aromatic heterocycles. The normalized spacial score (nSPS) is 14.5. The quantitative estimate of drug-likeness (QED) is 0.296. The van der Waals surface area contributed by atoms with Gasteiger partial charge in [-0.1, -0.05) is 78.0 Å². The Morgan fingerprint density at radius 1 is 1.00 bits per heavy atom. The van der Waals surface area contributed by atoms with Crippen LogP contribution >= 0.6 is 23.2 Å². The van der Waals surface area contributed by atoms with E-state index in [-0.39, 0.29) is 38.8 Å². The number of anilines is 1. The van der Waals surface area contributed by atoms with Crippen molar-refractivity contribution in [1.82, 2.24) is 10.2 Å². The summed E-state index contributed by atoms with van der Waals surface area (Å²) in [5, 5.41) is 3.03. The van der Waals surface area contributed by atoms with Gasteiger partial charge in [0.1, 0.15) is 18.4 Å². The smallest absolute Gasteiger partial charge is 0.264 e. The van der Waals surface area contributed by atoms with Crippen LogP contribution in [0.3, 0.4) is 0 Å². The van der Waals surface area contributed by atoms with Gasteiger partial charge in [0.25, 0.3) is 10.0 Å². The molecule has 0 heterocycles. The fraction of sp³-hybridized carbons (Fsp3) is 0.333. The Kier molecular flexibility index (Phi) is 9.94. The molecule has 218 valence electrons. The summed E-state index contributed by atoms with van der Waals surface area (Å²) in [4.78, 5) is 28.4. The van der Waals surface area contributed by atoms with Crippen LogP contribution in [-0.4, -0.2) is 43.8 Å². The minimum absolute atomic E-state index is 0.000885. The predicted molar refractivity (Wildman–Crippen MR) is 159 cm³/mol. The molecule has 11 heteroatoms. The molecular weight excluding hydrogens is 588 g/mol. The predicted octanol–water partition coefficient (Wildman–Crippen LogP) is 6.11. The molecule has 4 rings (SSSR count). The molecule has 3 aromatic carbocycles. The van der Waals surface area contributed by atoms with Crippen LogP contribution in [0.15, 0.2) is 71.6 Å². The van der Waals surface area contributed by atoms with Crippen LogP contribution in [0.5, 0.6) is 0 Å². The standard InChI is InChI=1S/C30H32Cl2FN3O4S/c1-20-14-16-24(17-15-20)41(39,40)36(27-13-7-11-25(31)29(27)32)19-28(37)35(18-22-8-3-6-12-26(22)33)21(2)30(38)34-23-9-4-5-10-23/h3,6-8,11-17,21,23H,4-5,9-10,18-19H2,1-2H3,(H,34,38)/t21-/m1/s1. The Hall–Kier alpha value is -3.14. The highest BCUT2D eigenvalue weighted by Gasteiger charge is 2.34. The summed E-state index contributed by atoms with van der Waals surface area (Å²) < 4.78 is 43.4. The van der Waals surface area contributed by atoms with Crippen molar-refractivity contribution in [1.29, 1.82) is 0 Å². The number of hydrogen-bond acceptors (Lipinski definition) is 4. The molecule has 0 saturated heterocycles. The van der Waals surface area contributed by atoms with E-state index in [1.54, 1.807) is 25.1 Å². The second kappa shape index (κ2) is 13.2. The summed E-state index contributed by atoms with van der Waals surface area (Å²) in [6.07, 6.45) is 3.69. The molecule has 1 N–H and O–H groups in total. The fourth-order valence-electron chi connectivity index (χ4n) is 4.82. The number of carbonyl (C=O) groups is 2. The largest absolute Gasteiger partial charge is 0.352 e. The molecule has 0 unspecified atom stereocenters. The summed E-state index contributed by atoms with van der Waals surface area (Å²) in [6.45, 7) is 2.43.